The highest BCUT2D eigenvalue weighted by molar-refractivity contribution is 5.88. The van der Waals surface area contributed by atoms with Gasteiger partial charge in [0.05, 0.1) is 31.4 Å². The van der Waals surface area contributed by atoms with E-state index >= 15 is 0 Å². The fourth-order valence-electron chi connectivity index (χ4n) is 2.68. The molecule has 0 radical (unpaired) electrons. The monoisotopic (exact) mass is 304 g/mol. The quantitative estimate of drug-likeness (QED) is 0.945. The molecule has 7 heteroatoms. The average Bonchev–Trinajstić information content (AvgIpc) is 3.16. The second-order valence-corrected chi connectivity index (χ2v) is 5.19. The highest BCUT2D eigenvalue weighted by Crippen LogP contribution is 2.35. The zero-order valence-corrected chi connectivity index (χ0v) is 12.5. The third kappa shape index (κ3) is 2.49. The number of aromatic nitrogens is 2. The Morgan fingerprint density at radius 3 is 3.05 bits per heavy atom. The van der Waals surface area contributed by atoms with Gasteiger partial charge in [-0.3, -0.25) is 4.90 Å². The maximum absolute atomic E-state index is 14.3. The van der Waals surface area contributed by atoms with E-state index in [0.29, 0.717) is 24.2 Å². The van der Waals surface area contributed by atoms with Crippen LogP contribution in [0.1, 0.15) is 11.3 Å². The Kier molecular flexibility index (Phi) is 3.70. The molecule has 2 aromatic rings. The van der Waals surface area contributed by atoms with Gasteiger partial charge in [0.15, 0.2) is 0 Å². The molecule has 116 valence electrons. The number of benzene rings is 1. The van der Waals surface area contributed by atoms with Crippen molar-refractivity contribution in [2.75, 3.05) is 30.5 Å². The number of amides is 1. The Morgan fingerprint density at radius 1 is 1.55 bits per heavy atom. The zero-order chi connectivity index (χ0) is 15.7. The molecule has 1 aliphatic rings. The minimum atomic E-state index is -0.531. The summed E-state index contributed by atoms with van der Waals surface area (Å²) in [5, 5.41) is 0. The van der Waals surface area contributed by atoms with Crippen molar-refractivity contribution in [2.45, 2.75) is 13.0 Å². The van der Waals surface area contributed by atoms with Gasteiger partial charge in [0.1, 0.15) is 5.82 Å². The normalized spacial score (nSPS) is 13.1. The first kappa shape index (κ1) is 14.4. The summed E-state index contributed by atoms with van der Waals surface area (Å²) < 4.78 is 19.0. The van der Waals surface area contributed by atoms with Gasteiger partial charge in [0, 0.05) is 31.0 Å². The van der Waals surface area contributed by atoms with E-state index in [-0.39, 0.29) is 5.82 Å². The van der Waals surface area contributed by atoms with Crippen molar-refractivity contribution in [3.8, 4) is 0 Å². The molecule has 0 saturated carbocycles. The number of nitrogens with zero attached hydrogens (tertiary/aromatic N) is 3. The lowest BCUT2D eigenvalue weighted by atomic mass is 10.1. The molecule has 2 heterocycles. The van der Waals surface area contributed by atoms with Crippen LogP contribution in [0.2, 0.25) is 0 Å². The number of imidazole rings is 1. The fraction of sp³-hybridized carbons (Fsp3) is 0.333. The molecule has 1 N–H and O–H groups in total. The molecule has 1 aliphatic heterocycles. The molecular weight excluding hydrogens is 287 g/mol. The standard InChI is InChI=1S/C15H17FN4O2/c1-19(15(21)22-2)11-5-13(16)12-3-4-20(14(12)6-11)8-10-7-17-9-18-10/h5-7,9H,3-4,8H2,1-2H3,(H,17,18). The van der Waals surface area contributed by atoms with E-state index in [1.54, 1.807) is 13.4 Å². The molecule has 1 amide bonds. The molecule has 0 aliphatic carbocycles. The minimum absolute atomic E-state index is 0.298. The van der Waals surface area contributed by atoms with Gasteiger partial charge in [0.2, 0.25) is 0 Å². The van der Waals surface area contributed by atoms with Crippen LogP contribution in [0.25, 0.3) is 0 Å². The largest absolute Gasteiger partial charge is 0.452 e. The number of methoxy groups -OCH3 is 1. The van der Waals surface area contributed by atoms with E-state index in [9.17, 15) is 9.18 Å². The summed E-state index contributed by atoms with van der Waals surface area (Å²) in [6.45, 7) is 1.33. The Labute approximate surface area is 127 Å². The Morgan fingerprint density at radius 2 is 2.36 bits per heavy atom. The summed E-state index contributed by atoms with van der Waals surface area (Å²) in [6, 6.07) is 3.18. The molecule has 6 nitrogen and oxygen atoms in total. The van der Waals surface area contributed by atoms with Gasteiger partial charge in [0.25, 0.3) is 0 Å². The number of rotatable bonds is 3. The molecule has 1 aromatic carbocycles. The summed E-state index contributed by atoms with van der Waals surface area (Å²) in [5.74, 6) is -0.298. The summed E-state index contributed by atoms with van der Waals surface area (Å²) in [6.07, 6.45) is 3.55. The van der Waals surface area contributed by atoms with Gasteiger partial charge in [-0.15, -0.1) is 0 Å². The molecule has 0 unspecified atom stereocenters. The van der Waals surface area contributed by atoms with Crippen molar-refractivity contribution in [2.24, 2.45) is 0 Å². The third-order valence-corrected chi connectivity index (χ3v) is 3.87. The summed E-state index contributed by atoms with van der Waals surface area (Å²) >= 11 is 0. The lowest BCUT2D eigenvalue weighted by Gasteiger charge is -2.21. The molecule has 0 bridgehead atoms. The van der Waals surface area contributed by atoms with Crippen LogP contribution in [0, 0.1) is 5.82 Å². The number of H-pyrrole nitrogens is 1. The molecule has 0 saturated heterocycles. The number of carbonyl (C=O) groups is 1. The van der Waals surface area contributed by atoms with Crippen LogP contribution in [-0.4, -0.2) is 36.8 Å². The smallest absolute Gasteiger partial charge is 0.413 e. The summed E-state index contributed by atoms with van der Waals surface area (Å²) in [7, 11) is 2.85. The highest BCUT2D eigenvalue weighted by Gasteiger charge is 2.25. The lowest BCUT2D eigenvalue weighted by Crippen LogP contribution is -2.26. The first-order valence-corrected chi connectivity index (χ1v) is 6.97. The molecule has 0 fully saturated rings. The van der Waals surface area contributed by atoms with E-state index in [1.165, 1.54) is 18.1 Å². The second-order valence-electron chi connectivity index (χ2n) is 5.19. The number of anilines is 2. The topological polar surface area (TPSA) is 61.5 Å². The predicted molar refractivity (Wildman–Crippen MR) is 80.5 cm³/mol. The number of aromatic amines is 1. The van der Waals surface area contributed by atoms with Crippen molar-refractivity contribution in [1.82, 2.24) is 9.97 Å². The van der Waals surface area contributed by atoms with Crippen LogP contribution < -0.4 is 9.80 Å². The molecule has 0 spiro atoms. The van der Waals surface area contributed by atoms with Crippen molar-refractivity contribution in [3.05, 3.63) is 41.7 Å². The van der Waals surface area contributed by atoms with Crippen molar-refractivity contribution in [3.63, 3.8) is 0 Å². The maximum Gasteiger partial charge on any atom is 0.413 e. The van der Waals surface area contributed by atoms with E-state index in [1.807, 2.05) is 12.3 Å². The molecule has 0 atom stereocenters. The van der Waals surface area contributed by atoms with E-state index in [2.05, 4.69) is 19.6 Å². The van der Waals surface area contributed by atoms with Gasteiger partial charge >= 0.3 is 6.09 Å². The summed E-state index contributed by atoms with van der Waals surface area (Å²) in [5.41, 5.74) is 2.84. The van der Waals surface area contributed by atoms with Gasteiger partial charge < -0.3 is 14.6 Å². The van der Waals surface area contributed by atoms with Crippen LogP contribution in [0.4, 0.5) is 20.6 Å². The van der Waals surface area contributed by atoms with Gasteiger partial charge in [-0.05, 0) is 18.6 Å². The lowest BCUT2D eigenvalue weighted by molar-refractivity contribution is 0.180. The maximum atomic E-state index is 14.3. The number of hydrogen-bond acceptors (Lipinski definition) is 4. The van der Waals surface area contributed by atoms with Crippen LogP contribution in [-0.2, 0) is 17.7 Å². The molecule has 22 heavy (non-hydrogen) atoms. The van der Waals surface area contributed by atoms with Crippen LogP contribution in [0.15, 0.2) is 24.7 Å². The number of nitrogens with one attached hydrogen (secondary N) is 1. The van der Waals surface area contributed by atoms with Crippen molar-refractivity contribution < 1.29 is 13.9 Å². The van der Waals surface area contributed by atoms with E-state index < -0.39 is 6.09 Å². The third-order valence-electron chi connectivity index (χ3n) is 3.87. The highest BCUT2D eigenvalue weighted by atomic mass is 19.1. The molecular formula is C15H17FN4O2. The fourth-order valence-corrected chi connectivity index (χ4v) is 2.68. The molecule has 1 aromatic heterocycles. The average molecular weight is 304 g/mol. The number of fused-ring (bicyclic) bond motifs is 1. The van der Waals surface area contributed by atoms with Gasteiger partial charge in [-0.1, -0.05) is 0 Å². The molecule has 3 rings (SSSR count). The second kappa shape index (κ2) is 5.67. The number of hydrogen-bond donors (Lipinski definition) is 1. The predicted octanol–water partition coefficient (Wildman–Crippen LogP) is 2.31. The van der Waals surface area contributed by atoms with Crippen LogP contribution >= 0.6 is 0 Å². The first-order valence-electron chi connectivity index (χ1n) is 6.97. The Hall–Kier alpha value is -2.57. The van der Waals surface area contributed by atoms with Crippen molar-refractivity contribution >= 4 is 17.5 Å². The SMILES string of the molecule is COC(=O)N(C)c1cc(F)c2c(c1)N(Cc1c[nH]cn1)CC2. The Bertz CT molecular complexity index is 687. The van der Waals surface area contributed by atoms with Crippen molar-refractivity contribution in [1.29, 1.82) is 0 Å². The van der Waals surface area contributed by atoms with Crippen LogP contribution in [0.5, 0.6) is 0 Å². The van der Waals surface area contributed by atoms with E-state index in [4.69, 9.17) is 0 Å². The van der Waals surface area contributed by atoms with E-state index in [0.717, 1.165) is 17.9 Å². The van der Waals surface area contributed by atoms with Crippen LogP contribution in [0.3, 0.4) is 0 Å². The first-order chi connectivity index (χ1) is 10.6. The summed E-state index contributed by atoms with van der Waals surface area (Å²) in [4.78, 5) is 22.1. The Balaban J connectivity index is 1.92. The number of ether oxygens (including phenoxy) is 1. The minimum Gasteiger partial charge on any atom is -0.452 e. The number of carbonyl (C=O) groups excluding carboxylic acids is 1. The number of halogens is 1. The van der Waals surface area contributed by atoms with Gasteiger partial charge in [-0.2, -0.15) is 0 Å². The van der Waals surface area contributed by atoms with Gasteiger partial charge in [-0.25, -0.2) is 14.2 Å². The zero-order valence-electron chi connectivity index (χ0n) is 12.5.